The predicted molar refractivity (Wildman–Crippen MR) is 71.9 cm³/mol. The molecule has 18 heavy (non-hydrogen) atoms. The molecule has 0 aliphatic carbocycles. The molecule has 1 aromatic carbocycles. The maximum atomic E-state index is 11.4. The van der Waals surface area contributed by atoms with E-state index in [9.17, 15) is 9.90 Å². The molecule has 0 aliphatic heterocycles. The second-order valence-electron chi connectivity index (χ2n) is 4.54. The second-order valence-corrected chi connectivity index (χ2v) is 4.54. The topological polar surface area (TPSA) is 46.5 Å². The summed E-state index contributed by atoms with van der Waals surface area (Å²) in [6.45, 7) is 4.10. The van der Waals surface area contributed by atoms with E-state index < -0.39 is 5.97 Å². The van der Waals surface area contributed by atoms with E-state index in [1.165, 1.54) is 0 Å². The number of para-hydroxylation sites is 1. The Bertz CT molecular complexity index is 383. The lowest BCUT2D eigenvalue weighted by atomic mass is 9.83. The van der Waals surface area contributed by atoms with Gasteiger partial charge in [0, 0.05) is 0 Å². The van der Waals surface area contributed by atoms with E-state index >= 15 is 0 Å². The third-order valence-electron chi connectivity index (χ3n) is 3.57. The van der Waals surface area contributed by atoms with Gasteiger partial charge >= 0.3 is 5.97 Å². The van der Waals surface area contributed by atoms with Gasteiger partial charge in [-0.2, -0.15) is 0 Å². The minimum Gasteiger partial charge on any atom is -0.496 e. The van der Waals surface area contributed by atoms with Crippen LogP contribution in [0.15, 0.2) is 24.3 Å². The molecule has 0 spiro atoms. The second kappa shape index (κ2) is 7.04. The molecule has 0 bridgehead atoms. The lowest BCUT2D eigenvalue weighted by Gasteiger charge is -2.22. The molecule has 1 rings (SSSR count). The van der Waals surface area contributed by atoms with Crippen LogP contribution in [-0.2, 0) is 11.2 Å². The van der Waals surface area contributed by atoms with Crippen LogP contribution in [0.4, 0.5) is 0 Å². The molecular weight excluding hydrogens is 228 g/mol. The molecule has 0 saturated carbocycles. The van der Waals surface area contributed by atoms with Gasteiger partial charge in [0.1, 0.15) is 5.75 Å². The summed E-state index contributed by atoms with van der Waals surface area (Å²) in [5, 5.41) is 9.39. The van der Waals surface area contributed by atoms with Crippen LogP contribution < -0.4 is 4.74 Å². The molecule has 100 valence electrons. The summed E-state index contributed by atoms with van der Waals surface area (Å²) in [4.78, 5) is 11.4. The summed E-state index contributed by atoms with van der Waals surface area (Å²) in [6.07, 6.45) is 2.32. The number of methoxy groups -OCH3 is 1. The highest BCUT2D eigenvalue weighted by Gasteiger charge is 2.26. The van der Waals surface area contributed by atoms with Gasteiger partial charge in [0.25, 0.3) is 0 Å². The van der Waals surface area contributed by atoms with E-state index in [1.54, 1.807) is 7.11 Å². The van der Waals surface area contributed by atoms with Gasteiger partial charge in [0.05, 0.1) is 13.0 Å². The van der Waals surface area contributed by atoms with Crippen LogP contribution in [0.25, 0.3) is 0 Å². The van der Waals surface area contributed by atoms with Crippen molar-refractivity contribution in [3.63, 3.8) is 0 Å². The largest absolute Gasteiger partial charge is 0.496 e. The fourth-order valence-electron chi connectivity index (χ4n) is 2.42. The van der Waals surface area contributed by atoms with Crippen molar-refractivity contribution >= 4 is 5.97 Å². The monoisotopic (exact) mass is 250 g/mol. The molecule has 0 aliphatic rings. The van der Waals surface area contributed by atoms with E-state index in [4.69, 9.17) is 4.74 Å². The number of aliphatic carboxylic acids is 1. The van der Waals surface area contributed by atoms with Crippen LogP contribution in [0, 0.1) is 11.8 Å². The zero-order valence-electron chi connectivity index (χ0n) is 11.3. The highest BCUT2D eigenvalue weighted by molar-refractivity contribution is 5.71. The molecule has 1 N–H and O–H groups in total. The fraction of sp³-hybridized carbons (Fsp3) is 0.533. The minimum atomic E-state index is -0.713. The number of carbonyl (C=O) groups is 1. The zero-order chi connectivity index (χ0) is 13.5. The average Bonchev–Trinajstić information content (AvgIpc) is 2.39. The number of benzene rings is 1. The van der Waals surface area contributed by atoms with E-state index in [0.717, 1.165) is 24.2 Å². The van der Waals surface area contributed by atoms with Crippen molar-refractivity contribution in [1.29, 1.82) is 0 Å². The number of carboxylic acid groups (broad SMARTS) is 1. The van der Waals surface area contributed by atoms with E-state index in [2.05, 4.69) is 0 Å². The summed E-state index contributed by atoms with van der Waals surface area (Å²) >= 11 is 0. The third-order valence-corrected chi connectivity index (χ3v) is 3.57. The van der Waals surface area contributed by atoms with Crippen molar-refractivity contribution in [2.24, 2.45) is 11.8 Å². The smallest absolute Gasteiger partial charge is 0.307 e. The van der Waals surface area contributed by atoms with Gasteiger partial charge in [-0.15, -0.1) is 0 Å². The number of carboxylic acids is 1. The van der Waals surface area contributed by atoms with Gasteiger partial charge in [-0.1, -0.05) is 44.9 Å². The Balaban J connectivity index is 2.93. The molecule has 1 aromatic rings. The molecule has 0 aromatic heterocycles. The van der Waals surface area contributed by atoms with Crippen molar-refractivity contribution in [3.8, 4) is 5.75 Å². The molecule has 0 fully saturated rings. The molecule has 3 heteroatoms. The Morgan fingerprint density at radius 3 is 2.39 bits per heavy atom. The van der Waals surface area contributed by atoms with E-state index in [1.807, 2.05) is 38.1 Å². The van der Waals surface area contributed by atoms with Crippen molar-refractivity contribution in [2.75, 3.05) is 7.11 Å². The standard InChI is InChI=1S/C15H22O3/c1-4-11(5-2)13(15(16)17)10-12-8-6-7-9-14(12)18-3/h6-9,11,13H,4-5,10H2,1-3H3,(H,16,17). The fourth-order valence-corrected chi connectivity index (χ4v) is 2.42. The lowest BCUT2D eigenvalue weighted by molar-refractivity contribution is -0.143. The van der Waals surface area contributed by atoms with Gasteiger partial charge in [-0.25, -0.2) is 0 Å². The highest BCUT2D eigenvalue weighted by atomic mass is 16.5. The molecule has 0 heterocycles. The Labute approximate surface area is 109 Å². The Hall–Kier alpha value is -1.51. The van der Waals surface area contributed by atoms with E-state index in [0.29, 0.717) is 6.42 Å². The van der Waals surface area contributed by atoms with Crippen LogP contribution in [-0.4, -0.2) is 18.2 Å². The van der Waals surface area contributed by atoms with Crippen molar-refractivity contribution in [3.05, 3.63) is 29.8 Å². The van der Waals surface area contributed by atoms with Crippen LogP contribution in [0.5, 0.6) is 5.75 Å². The highest BCUT2D eigenvalue weighted by Crippen LogP contribution is 2.28. The Morgan fingerprint density at radius 2 is 1.89 bits per heavy atom. The number of hydrogen-bond donors (Lipinski definition) is 1. The van der Waals surface area contributed by atoms with Gasteiger partial charge in [-0.3, -0.25) is 4.79 Å². The normalized spacial score (nSPS) is 12.4. The first-order chi connectivity index (χ1) is 8.63. The summed E-state index contributed by atoms with van der Waals surface area (Å²) in [5.74, 6) is -0.0620. The van der Waals surface area contributed by atoms with Crippen LogP contribution in [0.2, 0.25) is 0 Å². The molecule has 0 amide bonds. The van der Waals surface area contributed by atoms with Crippen molar-refractivity contribution < 1.29 is 14.6 Å². The first kappa shape index (κ1) is 14.6. The minimum absolute atomic E-state index is 0.215. The van der Waals surface area contributed by atoms with Crippen LogP contribution in [0.1, 0.15) is 32.3 Å². The van der Waals surface area contributed by atoms with Gasteiger partial charge < -0.3 is 9.84 Å². The molecule has 1 atom stereocenters. The summed E-state index contributed by atoms with van der Waals surface area (Å²) in [5.41, 5.74) is 0.972. The first-order valence-electron chi connectivity index (χ1n) is 6.48. The summed E-state index contributed by atoms with van der Waals surface area (Å²) < 4.78 is 5.28. The van der Waals surface area contributed by atoms with Crippen LogP contribution >= 0.6 is 0 Å². The van der Waals surface area contributed by atoms with Gasteiger partial charge in [0.2, 0.25) is 0 Å². The molecule has 1 unspecified atom stereocenters. The maximum Gasteiger partial charge on any atom is 0.307 e. The van der Waals surface area contributed by atoms with Gasteiger partial charge in [-0.05, 0) is 24.0 Å². The van der Waals surface area contributed by atoms with E-state index in [-0.39, 0.29) is 11.8 Å². The quantitative estimate of drug-likeness (QED) is 0.807. The SMILES string of the molecule is CCC(CC)C(Cc1ccccc1OC)C(=O)O. The zero-order valence-corrected chi connectivity index (χ0v) is 11.3. The predicted octanol–water partition coefficient (Wildman–Crippen LogP) is 3.37. The molecular formula is C15H22O3. The van der Waals surface area contributed by atoms with Crippen molar-refractivity contribution in [1.82, 2.24) is 0 Å². The summed E-state index contributed by atoms with van der Waals surface area (Å²) in [6, 6.07) is 7.64. The van der Waals surface area contributed by atoms with Crippen LogP contribution in [0.3, 0.4) is 0 Å². The number of rotatable bonds is 7. The summed E-state index contributed by atoms with van der Waals surface area (Å²) in [7, 11) is 1.62. The first-order valence-corrected chi connectivity index (χ1v) is 6.48. The molecule has 3 nitrogen and oxygen atoms in total. The average molecular weight is 250 g/mol. The Kier molecular flexibility index (Phi) is 5.69. The third kappa shape index (κ3) is 3.49. The van der Waals surface area contributed by atoms with Crippen molar-refractivity contribution in [2.45, 2.75) is 33.1 Å². The lowest BCUT2D eigenvalue weighted by Crippen LogP contribution is -2.25. The molecule has 0 saturated heterocycles. The maximum absolute atomic E-state index is 11.4. The van der Waals surface area contributed by atoms with Gasteiger partial charge in [0.15, 0.2) is 0 Å². The number of ether oxygens (including phenoxy) is 1. The number of hydrogen-bond acceptors (Lipinski definition) is 2. The molecule has 0 radical (unpaired) electrons. The Morgan fingerprint density at radius 1 is 1.28 bits per heavy atom.